The van der Waals surface area contributed by atoms with Crippen LogP contribution in [0, 0.1) is 0 Å². The van der Waals surface area contributed by atoms with Crippen molar-refractivity contribution in [3.63, 3.8) is 0 Å². The van der Waals surface area contributed by atoms with Crippen LogP contribution in [0.5, 0.6) is 11.5 Å². The highest BCUT2D eigenvalue weighted by molar-refractivity contribution is 5.87. The Labute approximate surface area is 125 Å². The molecular formula is C18H20O3. The van der Waals surface area contributed by atoms with Gasteiger partial charge in [-0.25, -0.2) is 4.79 Å². The summed E-state index contributed by atoms with van der Waals surface area (Å²) in [6, 6.07) is 14.4. The molecule has 0 unspecified atom stereocenters. The normalized spacial score (nSPS) is 11.2. The summed E-state index contributed by atoms with van der Waals surface area (Å²) in [5.41, 5.74) is 1.68. The van der Waals surface area contributed by atoms with Crippen LogP contribution in [0.2, 0.25) is 0 Å². The van der Waals surface area contributed by atoms with Gasteiger partial charge in [-0.1, -0.05) is 32.9 Å². The first kappa shape index (κ1) is 15.1. The minimum absolute atomic E-state index is 0.154. The Morgan fingerprint density at radius 1 is 1.00 bits per heavy atom. The number of hydrogen-bond acceptors (Lipinski definition) is 2. The molecule has 0 spiro atoms. The Kier molecular flexibility index (Phi) is 4.32. The number of carboxylic acid groups (broad SMARTS) is 1. The molecule has 0 radical (unpaired) electrons. The van der Waals surface area contributed by atoms with Crippen LogP contribution in [-0.2, 0) is 5.41 Å². The zero-order valence-corrected chi connectivity index (χ0v) is 12.6. The second kappa shape index (κ2) is 6.00. The van der Waals surface area contributed by atoms with Crippen molar-refractivity contribution in [2.24, 2.45) is 0 Å². The second-order valence-corrected chi connectivity index (χ2v) is 5.69. The van der Waals surface area contributed by atoms with Crippen LogP contribution >= 0.6 is 0 Å². The maximum absolute atomic E-state index is 10.8. The monoisotopic (exact) mass is 284 g/mol. The first-order valence-electron chi connectivity index (χ1n) is 7.04. The maximum atomic E-state index is 10.8. The van der Waals surface area contributed by atoms with Crippen LogP contribution in [0.15, 0.2) is 48.5 Å². The van der Waals surface area contributed by atoms with Gasteiger partial charge >= 0.3 is 5.97 Å². The molecule has 0 saturated heterocycles. The zero-order valence-electron chi connectivity index (χ0n) is 12.6. The maximum Gasteiger partial charge on any atom is 0.335 e. The van der Waals surface area contributed by atoms with Gasteiger partial charge in [0.15, 0.2) is 0 Å². The molecule has 0 aliphatic heterocycles. The van der Waals surface area contributed by atoms with E-state index in [1.807, 2.05) is 12.1 Å². The Bertz CT molecular complexity index is 610. The van der Waals surface area contributed by atoms with Crippen LogP contribution in [-0.4, -0.2) is 11.1 Å². The number of rotatable bonds is 5. The minimum Gasteiger partial charge on any atom is -0.478 e. The molecule has 21 heavy (non-hydrogen) atoms. The summed E-state index contributed by atoms with van der Waals surface area (Å²) in [5, 5.41) is 8.85. The van der Waals surface area contributed by atoms with Gasteiger partial charge in [-0.2, -0.15) is 0 Å². The molecule has 0 atom stereocenters. The largest absolute Gasteiger partial charge is 0.478 e. The molecule has 110 valence electrons. The molecule has 0 aromatic heterocycles. The van der Waals surface area contributed by atoms with Gasteiger partial charge in [0.2, 0.25) is 0 Å². The number of ether oxygens (including phenoxy) is 1. The second-order valence-electron chi connectivity index (χ2n) is 5.69. The smallest absolute Gasteiger partial charge is 0.335 e. The number of aromatic carboxylic acids is 1. The quantitative estimate of drug-likeness (QED) is 0.852. The van der Waals surface area contributed by atoms with Crippen LogP contribution in [0.1, 0.15) is 43.1 Å². The van der Waals surface area contributed by atoms with Crippen LogP contribution < -0.4 is 4.74 Å². The van der Waals surface area contributed by atoms with Crippen molar-refractivity contribution in [3.8, 4) is 11.5 Å². The molecule has 2 rings (SSSR count). The molecule has 1 N–H and O–H groups in total. The summed E-state index contributed by atoms with van der Waals surface area (Å²) in [7, 11) is 0. The van der Waals surface area contributed by atoms with Gasteiger partial charge in [0, 0.05) is 0 Å². The van der Waals surface area contributed by atoms with Crippen LogP contribution in [0.4, 0.5) is 0 Å². The van der Waals surface area contributed by atoms with Gasteiger partial charge < -0.3 is 9.84 Å². The van der Waals surface area contributed by atoms with E-state index in [0.29, 0.717) is 5.75 Å². The van der Waals surface area contributed by atoms with Crippen molar-refractivity contribution in [1.82, 2.24) is 0 Å². The minimum atomic E-state index is -0.937. The first-order valence-corrected chi connectivity index (χ1v) is 7.04. The highest BCUT2D eigenvalue weighted by Gasteiger charge is 2.17. The number of carboxylic acids is 1. The van der Waals surface area contributed by atoms with Crippen LogP contribution in [0.3, 0.4) is 0 Å². The fourth-order valence-corrected chi connectivity index (χ4v) is 1.98. The lowest BCUT2D eigenvalue weighted by Crippen LogP contribution is -2.14. The zero-order chi connectivity index (χ0) is 15.5. The van der Waals surface area contributed by atoms with Gasteiger partial charge in [0.1, 0.15) is 11.5 Å². The molecule has 2 aromatic rings. The molecule has 3 heteroatoms. The third kappa shape index (κ3) is 3.63. The summed E-state index contributed by atoms with van der Waals surface area (Å²) < 4.78 is 5.72. The van der Waals surface area contributed by atoms with Gasteiger partial charge in [-0.15, -0.1) is 0 Å². The fraction of sp³-hybridized carbons (Fsp3) is 0.278. The molecule has 0 heterocycles. The highest BCUT2D eigenvalue weighted by atomic mass is 16.5. The third-order valence-electron chi connectivity index (χ3n) is 3.86. The summed E-state index contributed by atoms with van der Waals surface area (Å²) in [6.45, 7) is 6.61. The van der Waals surface area contributed by atoms with E-state index in [1.165, 1.54) is 17.7 Å². The Morgan fingerprint density at radius 2 is 1.48 bits per heavy atom. The van der Waals surface area contributed by atoms with Crippen molar-refractivity contribution in [3.05, 3.63) is 59.7 Å². The molecular weight excluding hydrogens is 264 g/mol. The lowest BCUT2D eigenvalue weighted by Gasteiger charge is -2.23. The fourth-order valence-electron chi connectivity index (χ4n) is 1.98. The predicted molar refractivity (Wildman–Crippen MR) is 83.2 cm³/mol. The standard InChI is InChI=1S/C18H20O3/c1-4-18(2,3)14-7-11-16(12-8-14)21-15-9-5-13(6-10-15)17(19)20/h5-12H,4H2,1-3H3,(H,19,20). The van der Waals surface area contributed by atoms with E-state index >= 15 is 0 Å². The van der Waals surface area contributed by atoms with Gasteiger partial charge in [-0.05, 0) is 53.8 Å². The van der Waals surface area contributed by atoms with E-state index < -0.39 is 5.97 Å². The van der Waals surface area contributed by atoms with Crippen molar-refractivity contribution >= 4 is 5.97 Å². The summed E-state index contributed by atoms with van der Waals surface area (Å²) in [5.74, 6) is 0.434. The number of carbonyl (C=O) groups is 1. The molecule has 0 saturated carbocycles. The van der Waals surface area contributed by atoms with Crippen molar-refractivity contribution < 1.29 is 14.6 Å². The predicted octanol–water partition coefficient (Wildman–Crippen LogP) is 4.86. The molecule has 0 bridgehead atoms. The third-order valence-corrected chi connectivity index (χ3v) is 3.86. The van der Waals surface area contributed by atoms with Gasteiger partial charge in [0.05, 0.1) is 5.56 Å². The molecule has 0 aliphatic carbocycles. The Balaban J connectivity index is 2.11. The van der Waals surface area contributed by atoms with E-state index in [1.54, 1.807) is 12.1 Å². The Morgan fingerprint density at radius 3 is 1.90 bits per heavy atom. The lowest BCUT2D eigenvalue weighted by atomic mass is 9.82. The molecule has 2 aromatic carbocycles. The average Bonchev–Trinajstić information content (AvgIpc) is 2.48. The summed E-state index contributed by atoms with van der Waals surface area (Å²) in [6.07, 6.45) is 1.07. The van der Waals surface area contributed by atoms with Crippen LogP contribution in [0.25, 0.3) is 0 Å². The lowest BCUT2D eigenvalue weighted by molar-refractivity contribution is 0.0697. The van der Waals surface area contributed by atoms with E-state index in [0.717, 1.165) is 12.2 Å². The first-order chi connectivity index (χ1) is 9.92. The van der Waals surface area contributed by atoms with Gasteiger partial charge in [0.25, 0.3) is 0 Å². The van der Waals surface area contributed by atoms with E-state index in [2.05, 4.69) is 32.9 Å². The van der Waals surface area contributed by atoms with Gasteiger partial charge in [-0.3, -0.25) is 0 Å². The summed E-state index contributed by atoms with van der Waals surface area (Å²) in [4.78, 5) is 10.8. The molecule has 3 nitrogen and oxygen atoms in total. The molecule has 0 aliphatic rings. The van der Waals surface area contributed by atoms with E-state index in [9.17, 15) is 4.79 Å². The molecule has 0 amide bonds. The number of benzene rings is 2. The highest BCUT2D eigenvalue weighted by Crippen LogP contribution is 2.29. The topological polar surface area (TPSA) is 46.5 Å². The molecule has 0 fully saturated rings. The van der Waals surface area contributed by atoms with Crippen molar-refractivity contribution in [1.29, 1.82) is 0 Å². The summed E-state index contributed by atoms with van der Waals surface area (Å²) >= 11 is 0. The Hall–Kier alpha value is -2.29. The number of hydrogen-bond donors (Lipinski definition) is 1. The SMILES string of the molecule is CCC(C)(C)c1ccc(Oc2ccc(C(=O)O)cc2)cc1. The van der Waals surface area contributed by atoms with Crippen molar-refractivity contribution in [2.75, 3.05) is 0 Å². The average molecular weight is 284 g/mol. The van der Waals surface area contributed by atoms with E-state index in [-0.39, 0.29) is 11.0 Å². The van der Waals surface area contributed by atoms with Crippen molar-refractivity contribution in [2.45, 2.75) is 32.6 Å². The van der Waals surface area contributed by atoms with E-state index in [4.69, 9.17) is 9.84 Å².